The van der Waals surface area contributed by atoms with Gasteiger partial charge < -0.3 is 10.6 Å². The fraction of sp³-hybridized carbons (Fsp3) is 1.00. The van der Waals surface area contributed by atoms with Crippen LogP contribution in [-0.2, 0) is 0 Å². The van der Waals surface area contributed by atoms with Crippen molar-refractivity contribution in [1.82, 2.24) is 10.6 Å². The van der Waals surface area contributed by atoms with Crippen LogP contribution in [0.3, 0.4) is 0 Å². The molecule has 0 saturated carbocycles. The Morgan fingerprint density at radius 1 is 1.38 bits per heavy atom. The zero-order valence-corrected chi connectivity index (χ0v) is 9.16. The van der Waals surface area contributed by atoms with E-state index >= 15 is 0 Å². The van der Waals surface area contributed by atoms with Gasteiger partial charge in [-0.05, 0) is 38.3 Å². The molecule has 2 N–H and O–H groups in total. The molecule has 2 heteroatoms. The Morgan fingerprint density at radius 3 is 2.92 bits per heavy atom. The van der Waals surface area contributed by atoms with Crippen LogP contribution in [-0.4, -0.2) is 26.7 Å². The summed E-state index contributed by atoms with van der Waals surface area (Å²) in [6.07, 6.45) is 6.82. The van der Waals surface area contributed by atoms with Gasteiger partial charge in [-0.15, -0.1) is 0 Å². The lowest BCUT2D eigenvalue weighted by Crippen LogP contribution is -2.40. The van der Waals surface area contributed by atoms with E-state index in [0.29, 0.717) is 5.41 Å². The predicted octanol–water partition coefficient (Wildman–Crippen LogP) is 1.77. The molecule has 1 fully saturated rings. The van der Waals surface area contributed by atoms with E-state index in [9.17, 15) is 0 Å². The third-order valence-electron chi connectivity index (χ3n) is 3.14. The number of hydrogen-bond acceptors (Lipinski definition) is 2. The van der Waals surface area contributed by atoms with Crippen molar-refractivity contribution in [2.45, 2.75) is 39.0 Å². The molecule has 1 saturated heterocycles. The van der Waals surface area contributed by atoms with Crippen molar-refractivity contribution in [2.24, 2.45) is 5.41 Å². The van der Waals surface area contributed by atoms with Crippen molar-refractivity contribution in [1.29, 1.82) is 0 Å². The first-order valence-corrected chi connectivity index (χ1v) is 5.68. The molecule has 1 heterocycles. The van der Waals surface area contributed by atoms with Crippen LogP contribution in [0, 0.1) is 5.41 Å². The maximum absolute atomic E-state index is 3.57. The Labute approximate surface area is 82.5 Å². The number of nitrogens with one attached hydrogen (secondary N) is 2. The van der Waals surface area contributed by atoms with Crippen molar-refractivity contribution in [3.8, 4) is 0 Å². The fourth-order valence-electron chi connectivity index (χ4n) is 2.55. The van der Waals surface area contributed by atoms with Gasteiger partial charge >= 0.3 is 0 Å². The van der Waals surface area contributed by atoms with Gasteiger partial charge in [0.15, 0.2) is 0 Å². The highest BCUT2D eigenvalue weighted by Crippen LogP contribution is 2.30. The lowest BCUT2D eigenvalue weighted by Gasteiger charge is -2.32. The average Bonchev–Trinajstić information content (AvgIpc) is 2.32. The van der Waals surface area contributed by atoms with Crippen molar-refractivity contribution < 1.29 is 0 Å². The van der Waals surface area contributed by atoms with Gasteiger partial charge in [0, 0.05) is 13.1 Å². The van der Waals surface area contributed by atoms with Gasteiger partial charge in [0.05, 0.1) is 0 Å². The summed E-state index contributed by atoms with van der Waals surface area (Å²) in [5.41, 5.74) is 0.542. The van der Waals surface area contributed by atoms with Crippen molar-refractivity contribution >= 4 is 0 Å². The lowest BCUT2D eigenvalue weighted by atomic mass is 9.79. The van der Waals surface area contributed by atoms with Crippen molar-refractivity contribution in [3.63, 3.8) is 0 Å². The molecule has 0 amide bonds. The molecule has 78 valence electrons. The molecule has 1 rings (SSSR count). The standard InChI is InChI=1S/C11H24N2/c1-3-6-11(9-12-2)7-4-5-8-13-10-11/h12-13H,3-10H2,1-2H3. The summed E-state index contributed by atoms with van der Waals surface area (Å²) >= 11 is 0. The smallest absolute Gasteiger partial charge is 0.00200 e. The van der Waals surface area contributed by atoms with Crippen molar-refractivity contribution in [3.05, 3.63) is 0 Å². The monoisotopic (exact) mass is 184 g/mol. The minimum absolute atomic E-state index is 0.542. The summed E-state index contributed by atoms with van der Waals surface area (Å²) in [6, 6.07) is 0. The van der Waals surface area contributed by atoms with Gasteiger partial charge in [0.2, 0.25) is 0 Å². The molecule has 0 radical (unpaired) electrons. The molecule has 0 aromatic carbocycles. The van der Waals surface area contributed by atoms with E-state index in [1.807, 2.05) is 0 Å². The largest absolute Gasteiger partial charge is 0.319 e. The molecule has 0 aliphatic carbocycles. The molecule has 0 aromatic heterocycles. The normalized spacial score (nSPS) is 30.0. The van der Waals surface area contributed by atoms with Crippen LogP contribution in [0.25, 0.3) is 0 Å². The van der Waals surface area contributed by atoms with E-state index < -0.39 is 0 Å². The molecule has 1 aliphatic rings. The van der Waals surface area contributed by atoms with E-state index in [1.165, 1.54) is 51.7 Å². The molecular weight excluding hydrogens is 160 g/mol. The number of rotatable bonds is 4. The molecule has 1 aliphatic heterocycles. The third-order valence-corrected chi connectivity index (χ3v) is 3.14. The van der Waals surface area contributed by atoms with Gasteiger partial charge in [-0.2, -0.15) is 0 Å². The highest BCUT2D eigenvalue weighted by Gasteiger charge is 2.28. The molecule has 0 spiro atoms. The minimum Gasteiger partial charge on any atom is -0.319 e. The van der Waals surface area contributed by atoms with Crippen LogP contribution in [0.1, 0.15) is 39.0 Å². The molecule has 1 unspecified atom stereocenters. The Morgan fingerprint density at radius 2 is 2.23 bits per heavy atom. The first kappa shape index (κ1) is 11.0. The average molecular weight is 184 g/mol. The summed E-state index contributed by atoms with van der Waals surface area (Å²) in [6.45, 7) is 5.90. The zero-order chi connectivity index (χ0) is 9.57. The van der Waals surface area contributed by atoms with E-state index in [2.05, 4.69) is 24.6 Å². The second kappa shape index (κ2) is 5.61. The van der Waals surface area contributed by atoms with Crippen LogP contribution in [0.2, 0.25) is 0 Å². The first-order chi connectivity index (χ1) is 6.33. The summed E-state index contributed by atoms with van der Waals surface area (Å²) in [4.78, 5) is 0. The van der Waals surface area contributed by atoms with Gasteiger partial charge in [-0.25, -0.2) is 0 Å². The first-order valence-electron chi connectivity index (χ1n) is 5.68. The van der Waals surface area contributed by atoms with Crippen molar-refractivity contribution in [2.75, 3.05) is 26.7 Å². The van der Waals surface area contributed by atoms with E-state index in [4.69, 9.17) is 0 Å². The maximum Gasteiger partial charge on any atom is 0.00200 e. The van der Waals surface area contributed by atoms with E-state index in [1.54, 1.807) is 0 Å². The van der Waals surface area contributed by atoms with E-state index in [-0.39, 0.29) is 0 Å². The summed E-state index contributed by atoms with van der Waals surface area (Å²) in [5, 5.41) is 6.92. The zero-order valence-electron chi connectivity index (χ0n) is 9.16. The highest BCUT2D eigenvalue weighted by atomic mass is 14.9. The molecule has 1 atom stereocenters. The summed E-state index contributed by atoms with van der Waals surface area (Å²) < 4.78 is 0. The van der Waals surface area contributed by atoms with E-state index in [0.717, 1.165) is 0 Å². The van der Waals surface area contributed by atoms with Gasteiger partial charge in [0.25, 0.3) is 0 Å². The van der Waals surface area contributed by atoms with Crippen LogP contribution < -0.4 is 10.6 Å². The molecule has 2 nitrogen and oxygen atoms in total. The molecule has 0 bridgehead atoms. The maximum atomic E-state index is 3.57. The summed E-state index contributed by atoms with van der Waals surface area (Å²) in [5.74, 6) is 0. The fourth-order valence-corrected chi connectivity index (χ4v) is 2.55. The topological polar surface area (TPSA) is 24.1 Å². The molecule has 13 heavy (non-hydrogen) atoms. The quantitative estimate of drug-likeness (QED) is 0.696. The second-order valence-corrected chi connectivity index (χ2v) is 4.41. The van der Waals surface area contributed by atoms with Gasteiger partial charge in [0.1, 0.15) is 0 Å². The Kier molecular flexibility index (Phi) is 4.74. The molecule has 0 aromatic rings. The van der Waals surface area contributed by atoms with Gasteiger partial charge in [-0.1, -0.05) is 19.8 Å². The van der Waals surface area contributed by atoms with Crippen LogP contribution in [0.15, 0.2) is 0 Å². The SMILES string of the molecule is CCCC1(CNC)CCCCNC1. The molecular formula is C11H24N2. The number of hydrogen-bond donors (Lipinski definition) is 2. The minimum atomic E-state index is 0.542. The van der Waals surface area contributed by atoms with Gasteiger partial charge in [-0.3, -0.25) is 0 Å². The summed E-state index contributed by atoms with van der Waals surface area (Å²) in [7, 11) is 2.07. The predicted molar refractivity (Wildman–Crippen MR) is 58.0 cm³/mol. The van der Waals surface area contributed by atoms with Crippen LogP contribution >= 0.6 is 0 Å². The second-order valence-electron chi connectivity index (χ2n) is 4.41. The Bertz CT molecular complexity index is 118. The lowest BCUT2D eigenvalue weighted by molar-refractivity contribution is 0.233. The Hall–Kier alpha value is -0.0800. The third kappa shape index (κ3) is 3.28. The Balaban J connectivity index is 2.50. The van der Waals surface area contributed by atoms with Crippen LogP contribution in [0.5, 0.6) is 0 Å². The van der Waals surface area contributed by atoms with Crippen LogP contribution in [0.4, 0.5) is 0 Å². The highest BCUT2D eigenvalue weighted by molar-refractivity contribution is 4.85.